The lowest BCUT2D eigenvalue weighted by Crippen LogP contribution is -2.27. The van der Waals surface area contributed by atoms with Crippen molar-refractivity contribution in [2.24, 2.45) is 0 Å². The van der Waals surface area contributed by atoms with Gasteiger partial charge in [-0.1, -0.05) is 11.6 Å². The third kappa shape index (κ3) is 1.89. The third-order valence-corrected chi connectivity index (χ3v) is 3.99. The van der Waals surface area contributed by atoms with E-state index in [1.165, 1.54) is 7.05 Å². The van der Waals surface area contributed by atoms with Crippen molar-refractivity contribution in [1.82, 2.24) is 14.5 Å². The maximum Gasteiger partial charge on any atom is 0.252 e. The van der Waals surface area contributed by atoms with Gasteiger partial charge in [0, 0.05) is 12.1 Å². The molecule has 0 N–H and O–H groups in total. The molecule has 2 heterocycles. The molecule has 1 atom stereocenters. The molecular weight excluding hydrogens is 301 g/mol. The van der Waals surface area contributed by atoms with Gasteiger partial charge in [-0.15, -0.1) is 11.6 Å². The molecule has 1 aromatic heterocycles. The van der Waals surface area contributed by atoms with Crippen molar-refractivity contribution < 1.29 is 9.59 Å². The molecule has 1 fully saturated rings. The first-order valence-corrected chi connectivity index (χ1v) is 6.97. The lowest BCUT2D eigenvalue weighted by atomic mass is 10.2. The summed E-state index contributed by atoms with van der Waals surface area (Å²) >= 11 is 11.9. The number of carbonyl (C=O) groups is 2. The fraction of sp³-hybridized carbons (Fsp3) is 0.308. The van der Waals surface area contributed by atoms with E-state index < -0.39 is 6.04 Å². The van der Waals surface area contributed by atoms with E-state index in [1.54, 1.807) is 22.8 Å². The van der Waals surface area contributed by atoms with Crippen LogP contribution in [0.3, 0.4) is 0 Å². The van der Waals surface area contributed by atoms with Crippen molar-refractivity contribution >= 4 is 46.0 Å². The van der Waals surface area contributed by atoms with Crippen molar-refractivity contribution in [2.45, 2.75) is 18.3 Å². The number of imidazole rings is 1. The molecule has 1 aliphatic rings. The van der Waals surface area contributed by atoms with Gasteiger partial charge in [0.15, 0.2) is 0 Å². The molecule has 7 heteroatoms. The lowest BCUT2D eigenvalue weighted by Gasteiger charge is -2.14. The van der Waals surface area contributed by atoms with E-state index in [-0.39, 0.29) is 24.1 Å². The minimum Gasteiger partial charge on any atom is -0.314 e. The van der Waals surface area contributed by atoms with E-state index in [4.69, 9.17) is 23.2 Å². The summed E-state index contributed by atoms with van der Waals surface area (Å²) < 4.78 is 1.74. The van der Waals surface area contributed by atoms with Gasteiger partial charge in [-0.05, 0) is 18.2 Å². The molecule has 20 heavy (non-hydrogen) atoms. The van der Waals surface area contributed by atoms with E-state index >= 15 is 0 Å². The van der Waals surface area contributed by atoms with Gasteiger partial charge in [0.05, 0.1) is 23.3 Å². The first-order valence-electron chi connectivity index (χ1n) is 6.05. The highest BCUT2D eigenvalue weighted by Crippen LogP contribution is 2.31. The first kappa shape index (κ1) is 13.4. The van der Waals surface area contributed by atoms with Crippen LogP contribution >= 0.6 is 23.2 Å². The van der Waals surface area contributed by atoms with Crippen LogP contribution in [-0.2, 0) is 15.5 Å². The lowest BCUT2D eigenvalue weighted by molar-refractivity contribution is -0.137. The van der Waals surface area contributed by atoms with E-state index in [9.17, 15) is 9.59 Å². The number of hydrogen-bond donors (Lipinski definition) is 0. The molecule has 2 amide bonds. The first-order chi connectivity index (χ1) is 9.52. The molecule has 1 saturated heterocycles. The summed E-state index contributed by atoms with van der Waals surface area (Å²) in [4.78, 5) is 29.4. The number of alkyl halides is 1. The Morgan fingerprint density at radius 1 is 1.40 bits per heavy atom. The molecule has 5 nitrogen and oxygen atoms in total. The highest BCUT2D eigenvalue weighted by Gasteiger charge is 2.38. The van der Waals surface area contributed by atoms with Crippen molar-refractivity contribution in [1.29, 1.82) is 0 Å². The molecule has 0 saturated carbocycles. The zero-order valence-corrected chi connectivity index (χ0v) is 12.1. The third-order valence-electron chi connectivity index (χ3n) is 3.51. The molecule has 2 aromatic rings. The van der Waals surface area contributed by atoms with Gasteiger partial charge in [0.2, 0.25) is 5.91 Å². The maximum absolute atomic E-state index is 12.2. The Balaban J connectivity index is 2.20. The van der Waals surface area contributed by atoms with Crippen LogP contribution in [0.5, 0.6) is 0 Å². The second-order valence-electron chi connectivity index (χ2n) is 4.68. The predicted molar refractivity (Wildman–Crippen MR) is 75.7 cm³/mol. The SMILES string of the molecule is CN1C(=O)CC(n2c(CCl)nc3cc(Cl)ccc32)C1=O. The Morgan fingerprint density at radius 2 is 2.15 bits per heavy atom. The Labute approximate surface area is 125 Å². The number of benzene rings is 1. The van der Waals surface area contributed by atoms with Crippen LogP contribution < -0.4 is 0 Å². The highest BCUT2D eigenvalue weighted by atomic mass is 35.5. The summed E-state index contributed by atoms with van der Waals surface area (Å²) in [6, 6.07) is 4.66. The Bertz CT molecular complexity index is 726. The number of amides is 2. The van der Waals surface area contributed by atoms with E-state index in [0.717, 1.165) is 10.4 Å². The largest absolute Gasteiger partial charge is 0.314 e. The van der Waals surface area contributed by atoms with Crippen molar-refractivity contribution in [3.63, 3.8) is 0 Å². The molecule has 1 unspecified atom stereocenters. The quantitative estimate of drug-likeness (QED) is 0.632. The van der Waals surface area contributed by atoms with Crippen LogP contribution in [0.2, 0.25) is 5.02 Å². The molecule has 0 spiro atoms. The number of aromatic nitrogens is 2. The standard InChI is InChI=1S/C13H11Cl2N3O2/c1-17-12(19)5-10(13(17)20)18-9-3-2-7(15)4-8(9)16-11(18)6-14/h2-4,10H,5-6H2,1H3. The molecular formula is C13H11Cl2N3O2. The number of likely N-dealkylation sites (N-methyl/N-ethyl adjacent to an activating group) is 1. The molecule has 0 aliphatic carbocycles. The van der Waals surface area contributed by atoms with Crippen LogP contribution in [0.4, 0.5) is 0 Å². The normalized spacial score (nSPS) is 19.4. The summed E-state index contributed by atoms with van der Waals surface area (Å²) in [5.41, 5.74) is 1.43. The van der Waals surface area contributed by atoms with Gasteiger partial charge in [0.25, 0.3) is 5.91 Å². The van der Waals surface area contributed by atoms with Crippen LogP contribution in [0.1, 0.15) is 18.3 Å². The Morgan fingerprint density at radius 3 is 2.75 bits per heavy atom. The van der Waals surface area contributed by atoms with Crippen LogP contribution in [-0.4, -0.2) is 33.3 Å². The summed E-state index contributed by atoms with van der Waals surface area (Å²) in [6.07, 6.45) is 0.132. The number of carbonyl (C=O) groups excluding carboxylic acids is 2. The second-order valence-corrected chi connectivity index (χ2v) is 5.38. The minimum absolute atomic E-state index is 0.132. The molecule has 1 aliphatic heterocycles. The number of imide groups is 1. The number of fused-ring (bicyclic) bond motifs is 1. The highest BCUT2D eigenvalue weighted by molar-refractivity contribution is 6.31. The number of hydrogen-bond acceptors (Lipinski definition) is 3. The second kappa shape index (κ2) is 4.75. The van der Waals surface area contributed by atoms with Crippen LogP contribution in [0, 0.1) is 0 Å². The summed E-state index contributed by atoms with van der Waals surface area (Å²) in [5.74, 6) is 0.283. The molecule has 0 radical (unpaired) electrons. The van der Waals surface area contributed by atoms with E-state index in [2.05, 4.69) is 4.98 Å². The van der Waals surface area contributed by atoms with Gasteiger partial charge in [-0.2, -0.15) is 0 Å². The van der Waals surface area contributed by atoms with Crippen LogP contribution in [0.25, 0.3) is 11.0 Å². The zero-order chi connectivity index (χ0) is 14.4. The van der Waals surface area contributed by atoms with Crippen molar-refractivity contribution in [3.05, 3.63) is 29.0 Å². The van der Waals surface area contributed by atoms with E-state index in [1.807, 2.05) is 0 Å². The zero-order valence-electron chi connectivity index (χ0n) is 10.6. The van der Waals surface area contributed by atoms with Gasteiger partial charge in [-0.3, -0.25) is 14.5 Å². The number of likely N-dealkylation sites (tertiary alicyclic amines) is 1. The number of nitrogens with zero attached hydrogens (tertiary/aromatic N) is 3. The molecule has 104 valence electrons. The number of rotatable bonds is 2. The van der Waals surface area contributed by atoms with Gasteiger partial charge in [0.1, 0.15) is 11.9 Å². The number of halogens is 2. The Hall–Kier alpha value is -1.59. The maximum atomic E-state index is 12.2. The van der Waals surface area contributed by atoms with Gasteiger partial charge in [-0.25, -0.2) is 4.98 Å². The topological polar surface area (TPSA) is 55.2 Å². The summed E-state index contributed by atoms with van der Waals surface area (Å²) in [5, 5.41) is 0.564. The van der Waals surface area contributed by atoms with Gasteiger partial charge < -0.3 is 4.57 Å². The summed E-state index contributed by atoms with van der Waals surface area (Å²) in [7, 11) is 1.49. The van der Waals surface area contributed by atoms with Crippen molar-refractivity contribution in [3.8, 4) is 0 Å². The molecule has 0 bridgehead atoms. The van der Waals surface area contributed by atoms with Crippen LogP contribution in [0.15, 0.2) is 18.2 Å². The molecule has 3 rings (SSSR count). The Kier molecular flexibility index (Phi) is 3.18. The fourth-order valence-electron chi connectivity index (χ4n) is 2.50. The smallest absolute Gasteiger partial charge is 0.252 e. The average Bonchev–Trinajstić information content (AvgIpc) is 2.90. The fourth-order valence-corrected chi connectivity index (χ4v) is 2.86. The van der Waals surface area contributed by atoms with Gasteiger partial charge >= 0.3 is 0 Å². The monoisotopic (exact) mass is 311 g/mol. The summed E-state index contributed by atoms with van der Waals surface area (Å²) in [6.45, 7) is 0. The molecule has 1 aromatic carbocycles. The average molecular weight is 312 g/mol. The van der Waals surface area contributed by atoms with E-state index in [0.29, 0.717) is 16.4 Å². The van der Waals surface area contributed by atoms with Crippen molar-refractivity contribution in [2.75, 3.05) is 7.05 Å². The predicted octanol–water partition coefficient (Wildman–Crippen LogP) is 2.36. The minimum atomic E-state index is -0.576.